The molecule has 0 aliphatic heterocycles. The van der Waals surface area contributed by atoms with Crippen LogP contribution < -0.4 is 0 Å². The van der Waals surface area contributed by atoms with E-state index in [1.807, 2.05) is 0 Å². The van der Waals surface area contributed by atoms with Crippen molar-refractivity contribution < 1.29 is 24.5 Å². The highest BCUT2D eigenvalue weighted by atomic mass is 16.6. The number of carbonyl (C=O) groups excluding carboxylic acids is 2. The molecule has 5 heteroatoms. The van der Waals surface area contributed by atoms with Gasteiger partial charge in [-0.2, -0.15) is 0 Å². The molecule has 0 unspecified atom stereocenters. The van der Waals surface area contributed by atoms with Gasteiger partial charge in [-0.05, 0) is 18.6 Å². The van der Waals surface area contributed by atoms with Crippen LogP contribution in [-0.4, -0.2) is 39.8 Å². The van der Waals surface area contributed by atoms with Crippen molar-refractivity contribution in [1.29, 1.82) is 0 Å². The molecule has 1 rings (SSSR count). The van der Waals surface area contributed by atoms with Gasteiger partial charge in [0.25, 0.3) is 0 Å². The summed E-state index contributed by atoms with van der Waals surface area (Å²) in [5, 5.41) is 20.9. The fraction of sp³-hybridized carbons (Fsp3) is 0.818. The predicted molar refractivity (Wildman–Crippen MR) is 106 cm³/mol. The number of hydrogen-bond acceptors (Lipinski definition) is 5. The van der Waals surface area contributed by atoms with Gasteiger partial charge in [0.1, 0.15) is 0 Å². The maximum absolute atomic E-state index is 12.0. The number of ketones is 1. The van der Waals surface area contributed by atoms with Gasteiger partial charge in [0.15, 0.2) is 17.5 Å². The summed E-state index contributed by atoms with van der Waals surface area (Å²) in [5.41, 5.74) is -2.04. The van der Waals surface area contributed by atoms with Gasteiger partial charge < -0.3 is 14.9 Å². The van der Waals surface area contributed by atoms with Crippen LogP contribution in [0.2, 0.25) is 0 Å². The third kappa shape index (κ3) is 8.14. The molecule has 0 spiro atoms. The minimum atomic E-state index is -2.04. The molecule has 3 atom stereocenters. The summed E-state index contributed by atoms with van der Waals surface area (Å²) in [4.78, 5) is 23.1. The Morgan fingerprint density at radius 3 is 2.00 bits per heavy atom. The van der Waals surface area contributed by atoms with Gasteiger partial charge in [-0.3, -0.25) is 9.59 Å². The molecule has 0 radical (unpaired) electrons. The van der Waals surface area contributed by atoms with Gasteiger partial charge in [0.05, 0.1) is 6.10 Å². The first-order valence-corrected chi connectivity index (χ1v) is 10.7. The molecule has 0 fully saturated rings. The minimum Gasteiger partial charge on any atom is -0.455 e. The van der Waals surface area contributed by atoms with E-state index in [1.54, 1.807) is 0 Å². The van der Waals surface area contributed by atoms with Crippen molar-refractivity contribution in [3.63, 3.8) is 0 Å². The Kier molecular flexibility index (Phi) is 11.5. The molecule has 0 amide bonds. The molecule has 0 heterocycles. The number of esters is 1. The molecule has 2 N–H and O–H groups in total. The maximum atomic E-state index is 12.0. The van der Waals surface area contributed by atoms with E-state index in [9.17, 15) is 19.8 Å². The molecule has 0 saturated heterocycles. The second-order valence-electron chi connectivity index (χ2n) is 7.77. The van der Waals surface area contributed by atoms with Crippen molar-refractivity contribution in [2.45, 2.75) is 115 Å². The lowest BCUT2D eigenvalue weighted by Crippen LogP contribution is -2.55. The monoisotopic (exact) mass is 382 g/mol. The van der Waals surface area contributed by atoms with Gasteiger partial charge in [0, 0.05) is 6.92 Å². The van der Waals surface area contributed by atoms with Gasteiger partial charge in [-0.1, -0.05) is 84.0 Å². The first kappa shape index (κ1) is 23.8. The standard InChI is InChI=1S/C22H38O5/c1-3-4-5-6-7-8-9-10-11-12-13-14-15-19(24)22(26)20(25)16-17-21(22)27-18(2)23/h16-17,19,21,24,26H,3-15H2,1-2H3/t19-,21+,22+/m0/s1. The zero-order valence-electron chi connectivity index (χ0n) is 17.1. The van der Waals surface area contributed by atoms with Crippen molar-refractivity contribution in [3.05, 3.63) is 12.2 Å². The number of carbonyl (C=O) groups is 2. The summed E-state index contributed by atoms with van der Waals surface area (Å²) in [6.45, 7) is 3.45. The van der Waals surface area contributed by atoms with Crippen LogP contribution in [0.3, 0.4) is 0 Å². The molecule has 0 saturated carbocycles. The van der Waals surface area contributed by atoms with E-state index in [1.165, 1.54) is 76.9 Å². The summed E-state index contributed by atoms with van der Waals surface area (Å²) in [7, 11) is 0. The molecule has 0 bridgehead atoms. The summed E-state index contributed by atoms with van der Waals surface area (Å²) >= 11 is 0. The number of hydrogen-bond donors (Lipinski definition) is 2. The molecule has 0 aromatic carbocycles. The van der Waals surface area contributed by atoms with E-state index in [-0.39, 0.29) is 0 Å². The Morgan fingerprint density at radius 2 is 1.52 bits per heavy atom. The van der Waals surface area contributed by atoms with E-state index in [2.05, 4.69) is 6.92 Å². The largest absolute Gasteiger partial charge is 0.455 e. The fourth-order valence-corrected chi connectivity index (χ4v) is 3.66. The molecule has 1 aliphatic carbocycles. The van der Waals surface area contributed by atoms with Crippen LogP contribution in [0.25, 0.3) is 0 Å². The lowest BCUT2D eigenvalue weighted by atomic mass is 9.87. The van der Waals surface area contributed by atoms with Crippen molar-refractivity contribution in [1.82, 2.24) is 0 Å². The Balaban J connectivity index is 2.12. The summed E-state index contributed by atoms with van der Waals surface area (Å²) < 4.78 is 4.97. The Hall–Kier alpha value is -1.20. The highest BCUT2D eigenvalue weighted by Gasteiger charge is 2.52. The van der Waals surface area contributed by atoms with Crippen LogP contribution >= 0.6 is 0 Å². The highest BCUT2D eigenvalue weighted by molar-refractivity contribution is 6.01. The van der Waals surface area contributed by atoms with Gasteiger partial charge >= 0.3 is 5.97 Å². The van der Waals surface area contributed by atoms with Gasteiger partial charge in [-0.15, -0.1) is 0 Å². The average Bonchev–Trinajstić information content (AvgIpc) is 2.91. The minimum absolute atomic E-state index is 0.319. The van der Waals surface area contributed by atoms with Crippen LogP contribution in [0.5, 0.6) is 0 Å². The van der Waals surface area contributed by atoms with Crippen LogP contribution in [-0.2, 0) is 14.3 Å². The first-order valence-electron chi connectivity index (χ1n) is 10.7. The van der Waals surface area contributed by atoms with Crippen LogP contribution in [0, 0.1) is 0 Å². The third-order valence-corrected chi connectivity index (χ3v) is 5.38. The fourth-order valence-electron chi connectivity index (χ4n) is 3.66. The molecule has 27 heavy (non-hydrogen) atoms. The maximum Gasteiger partial charge on any atom is 0.303 e. The number of rotatable bonds is 15. The first-order chi connectivity index (χ1) is 12.9. The summed E-state index contributed by atoms with van der Waals surface area (Å²) in [6, 6.07) is 0. The molecule has 156 valence electrons. The molecule has 0 aromatic rings. The van der Waals surface area contributed by atoms with E-state index >= 15 is 0 Å². The molecule has 0 aromatic heterocycles. The molecular weight excluding hydrogens is 344 g/mol. The zero-order valence-corrected chi connectivity index (χ0v) is 17.1. The van der Waals surface area contributed by atoms with E-state index in [0.717, 1.165) is 19.3 Å². The lowest BCUT2D eigenvalue weighted by Gasteiger charge is -2.32. The SMILES string of the molecule is CCCCCCCCCCCCCC[C@H](O)[C@@]1(O)C(=O)C=C[C@H]1OC(C)=O. The van der Waals surface area contributed by atoms with E-state index < -0.39 is 29.6 Å². The van der Waals surface area contributed by atoms with Crippen molar-refractivity contribution in [2.75, 3.05) is 0 Å². The number of aliphatic hydroxyl groups is 2. The molecule has 5 nitrogen and oxygen atoms in total. The molecule has 1 aliphatic rings. The van der Waals surface area contributed by atoms with E-state index in [4.69, 9.17) is 4.74 Å². The highest BCUT2D eigenvalue weighted by Crippen LogP contribution is 2.30. The number of aliphatic hydroxyl groups excluding tert-OH is 1. The topological polar surface area (TPSA) is 83.8 Å². The van der Waals surface area contributed by atoms with Crippen LogP contribution in [0.4, 0.5) is 0 Å². The Morgan fingerprint density at radius 1 is 1.04 bits per heavy atom. The zero-order chi connectivity index (χ0) is 20.1. The van der Waals surface area contributed by atoms with Crippen molar-refractivity contribution in [3.8, 4) is 0 Å². The predicted octanol–water partition coefficient (Wildman–Crippen LogP) is 4.24. The van der Waals surface area contributed by atoms with Crippen LogP contribution in [0.15, 0.2) is 12.2 Å². The Bertz CT molecular complexity index is 473. The lowest BCUT2D eigenvalue weighted by molar-refractivity contribution is -0.174. The number of unbranched alkanes of at least 4 members (excludes halogenated alkanes) is 11. The van der Waals surface area contributed by atoms with Gasteiger partial charge in [0.2, 0.25) is 0 Å². The quantitative estimate of drug-likeness (QED) is 0.327. The van der Waals surface area contributed by atoms with Gasteiger partial charge in [-0.25, -0.2) is 0 Å². The van der Waals surface area contributed by atoms with E-state index in [0.29, 0.717) is 6.42 Å². The second-order valence-corrected chi connectivity index (χ2v) is 7.77. The summed E-state index contributed by atoms with van der Waals surface area (Å²) in [5.74, 6) is -1.18. The molecular formula is C22H38O5. The van der Waals surface area contributed by atoms with Crippen molar-refractivity contribution >= 4 is 11.8 Å². The number of ether oxygens (including phenoxy) is 1. The second kappa shape index (κ2) is 13.1. The van der Waals surface area contributed by atoms with Crippen molar-refractivity contribution in [2.24, 2.45) is 0 Å². The van der Waals surface area contributed by atoms with Crippen LogP contribution in [0.1, 0.15) is 97.3 Å². The Labute approximate surface area is 164 Å². The average molecular weight is 383 g/mol. The normalized spacial score (nSPS) is 23.0. The smallest absolute Gasteiger partial charge is 0.303 e. The summed E-state index contributed by atoms with van der Waals surface area (Å²) in [6.07, 6.45) is 15.1. The third-order valence-electron chi connectivity index (χ3n) is 5.38.